The lowest BCUT2D eigenvalue weighted by atomic mass is 10.2. The van der Waals surface area contributed by atoms with Crippen molar-refractivity contribution >= 4 is 23.0 Å². The first-order chi connectivity index (χ1) is 8.24. The van der Waals surface area contributed by atoms with Gasteiger partial charge in [-0.2, -0.15) is 0 Å². The van der Waals surface area contributed by atoms with E-state index in [9.17, 15) is 9.59 Å². The van der Waals surface area contributed by atoms with E-state index in [0.29, 0.717) is 6.54 Å². The lowest BCUT2D eigenvalue weighted by Gasteiger charge is -2.04. The van der Waals surface area contributed by atoms with Crippen LogP contribution in [0.2, 0.25) is 0 Å². The smallest absolute Gasteiger partial charge is 0.220 e. The largest absolute Gasteiger partial charge is 0.355 e. The van der Waals surface area contributed by atoms with Crippen LogP contribution in [0.15, 0.2) is 17.5 Å². The summed E-state index contributed by atoms with van der Waals surface area (Å²) in [7, 11) is 0. The maximum absolute atomic E-state index is 11.6. The highest BCUT2D eigenvalue weighted by Gasteiger charge is 2.09. The van der Waals surface area contributed by atoms with Gasteiger partial charge in [0.15, 0.2) is 5.78 Å². The number of hydrogen-bond acceptors (Lipinski definition) is 4. The number of ketones is 1. The van der Waals surface area contributed by atoms with Crippen molar-refractivity contribution < 1.29 is 9.59 Å². The first kappa shape index (κ1) is 13.9. The molecule has 0 saturated carbocycles. The van der Waals surface area contributed by atoms with Gasteiger partial charge in [-0.1, -0.05) is 13.0 Å². The van der Waals surface area contributed by atoms with Gasteiger partial charge in [-0.05, 0) is 18.0 Å². The Morgan fingerprint density at radius 1 is 1.29 bits per heavy atom. The fourth-order valence-electron chi connectivity index (χ4n) is 1.34. The molecule has 1 amide bonds. The van der Waals surface area contributed by atoms with Crippen LogP contribution in [-0.2, 0) is 4.79 Å². The minimum absolute atomic E-state index is 0.0434. The molecule has 0 aliphatic heterocycles. The van der Waals surface area contributed by atoms with Crippen molar-refractivity contribution in [1.29, 1.82) is 0 Å². The number of thiophene rings is 1. The minimum Gasteiger partial charge on any atom is -0.355 e. The highest BCUT2D eigenvalue weighted by molar-refractivity contribution is 7.12. The summed E-state index contributed by atoms with van der Waals surface area (Å²) in [5.41, 5.74) is 0. The fraction of sp³-hybridized carbons (Fsp3) is 0.500. The van der Waals surface area contributed by atoms with Crippen molar-refractivity contribution in [3.05, 3.63) is 22.4 Å². The second-order valence-corrected chi connectivity index (χ2v) is 4.55. The van der Waals surface area contributed by atoms with Crippen LogP contribution < -0.4 is 10.6 Å². The zero-order chi connectivity index (χ0) is 12.5. The molecule has 94 valence electrons. The monoisotopic (exact) mass is 254 g/mol. The molecule has 0 spiro atoms. The number of nitrogens with one attached hydrogen (secondary N) is 2. The van der Waals surface area contributed by atoms with E-state index >= 15 is 0 Å². The lowest BCUT2D eigenvalue weighted by molar-refractivity contribution is -0.121. The second kappa shape index (κ2) is 7.97. The Kier molecular flexibility index (Phi) is 6.50. The van der Waals surface area contributed by atoms with Crippen LogP contribution in [0.25, 0.3) is 0 Å². The van der Waals surface area contributed by atoms with Crippen molar-refractivity contribution in [2.24, 2.45) is 0 Å². The molecule has 0 radical (unpaired) electrons. The van der Waals surface area contributed by atoms with E-state index in [1.165, 1.54) is 11.3 Å². The highest BCUT2D eigenvalue weighted by atomic mass is 32.1. The number of likely N-dealkylation sites (N-methyl/N-ethyl adjacent to an activating group) is 1. The van der Waals surface area contributed by atoms with Crippen LogP contribution in [0, 0.1) is 0 Å². The average molecular weight is 254 g/mol. The molecule has 0 aliphatic rings. The maximum atomic E-state index is 11.6. The molecule has 0 unspecified atom stereocenters. The Labute approximate surface area is 105 Å². The Hall–Kier alpha value is -1.20. The molecule has 0 fully saturated rings. The standard InChI is InChI=1S/C12H18N2O2S/c1-2-13-7-8-14-12(16)6-5-10(15)11-4-3-9-17-11/h3-4,9,13H,2,5-8H2,1H3,(H,14,16). The van der Waals surface area contributed by atoms with E-state index in [1.54, 1.807) is 6.07 Å². The van der Waals surface area contributed by atoms with Crippen molar-refractivity contribution in [2.45, 2.75) is 19.8 Å². The van der Waals surface area contributed by atoms with Crippen LogP contribution in [0.4, 0.5) is 0 Å². The summed E-state index contributed by atoms with van der Waals surface area (Å²) in [6.45, 7) is 4.29. The molecule has 5 heteroatoms. The molecule has 0 aromatic carbocycles. The summed E-state index contributed by atoms with van der Waals surface area (Å²) in [4.78, 5) is 23.7. The van der Waals surface area contributed by atoms with Gasteiger partial charge in [0, 0.05) is 25.9 Å². The Bertz CT molecular complexity index is 349. The van der Waals surface area contributed by atoms with Gasteiger partial charge in [0.05, 0.1) is 4.88 Å². The third-order valence-electron chi connectivity index (χ3n) is 2.25. The van der Waals surface area contributed by atoms with Gasteiger partial charge in [-0.15, -0.1) is 11.3 Å². The van der Waals surface area contributed by atoms with Gasteiger partial charge >= 0.3 is 0 Å². The quantitative estimate of drug-likeness (QED) is 0.545. The normalized spacial score (nSPS) is 10.2. The molecule has 2 N–H and O–H groups in total. The molecule has 1 heterocycles. The fourth-order valence-corrected chi connectivity index (χ4v) is 2.04. The second-order valence-electron chi connectivity index (χ2n) is 3.60. The van der Waals surface area contributed by atoms with E-state index in [-0.39, 0.29) is 24.5 Å². The summed E-state index contributed by atoms with van der Waals surface area (Å²) in [6, 6.07) is 3.63. The van der Waals surface area contributed by atoms with E-state index in [1.807, 2.05) is 18.4 Å². The predicted octanol–water partition coefficient (Wildman–Crippen LogP) is 1.44. The Morgan fingerprint density at radius 2 is 2.12 bits per heavy atom. The summed E-state index contributed by atoms with van der Waals surface area (Å²) in [5, 5.41) is 7.74. The molecule has 4 nitrogen and oxygen atoms in total. The molecule has 0 bridgehead atoms. The SMILES string of the molecule is CCNCCNC(=O)CCC(=O)c1cccs1. The highest BCUT2D eigenvalue weighted by Crippen LogP contribution is 2.11. The molecular weight excluding hydrogens is 236 g/mol. The third kappa shape index (κ3) is 5.60. The van der Waals surface area contributed by atoms with Gasteiger partial charge < -0.3 is 10.6 Å². The predicted molar refractivity (Wildman–Crippen MR) is 69.4 cm³/mol. The van der Waals surface area contributed by atoms with Crippen LogP contribution in [0.5, 0.6) is 0 Å². The number of carbonyl (C=O) groups excluding carboxylic acids is 2. The van der Waals surface area contributed by atoms with E-state index in [4.69, 9.17) is 0 Å². The minimum atomic E-state index is -0.0622. The maximum Gasteiger partial charge on any atom is 0.220 e. The summed E-state index contributed by atoms with van der Waals surface area (Å²) in [5.74, 6) is -0.0188. The number of hydrogen-bond donors (Lipinski definition) is 2. The molecule has 1 rings (SSSR count). The summed E-state index contributed by atoms with van der Waals surface area (Å²) in [6.07, 6.45) is 0.552. The summed E-state index contributed by atoms with van der Waals surface area (Å²) >= 11 is 1.42. The van der Waals surface area contributed by atoms with Gasteiger partial charge in [-0.3, -0.25) is 9.59 Å². The Balaban J connectivity index is 2.13. The van der Waals surface area contributed by atoms with Crippen molar-refractivity contribution in [2.75, 3.05) is 19.6 Å². The number of amides is 1. The van der Waals surface area contributed by atoms with Crippen molar-refractivity contribution in [1.82, 2.24) is 10.6 Å². The molecule has 1 aromatic rings. The molecule has 0 saturated heterocycles. The average Bonchev–Trinajstić information content (AvgIpc) is 2.85. The van der Waals surface area contributed by atoms with Gasteiger partial charge in [0.25, 0.3) is 0 Å². The van der Waals surface area contributed by atoms with Gasteiger partial charge in [-0.25, -0.2) is 0 Å². The number of rotatable bonds is 8. The molecule has 0 atom stereocenters. The molecule has 0 aliphatic carbocycles. The van der Waals surface area contributed by atoms with Gasteiger partial charge in [0.1, 0.15) is 0 Å². The first-order valence-corrected chi connectivity index (χ1v) is 6.66. The molecule has 1 aromatic heterocycles. The number of Topliss-reactive ketones (excluding diaryl/α,β-unsaturated/α-hetero) is 1. The van der Waals surface area contributed by atoms with Crippen LogP contribution in [0.1, 0.15) is 29.4 Å². The van der Waals surface area contributed by atoms with Crippen molar-refractivity contribution in [3.63, 3.8) is 0 Å². The van der Waals surface area contributed by atoms with Gasteiger partial charge in [0.2, 0.25) is 5.91 Å². The first-order valence-electron chi connectivity index (χ1n) is 5.78. The van der Waals surface area contributed by atoms with E-state index in [0.717, 1.165) is 18.0 Å². The zero-order valence-electron chi connectivity index (χ0n) is 9.99. The molecule has 17 heavy (non-hydrogen) atoms. The van der Waals surface area contributed by atoms with Crippen LogP contribution in [0.3, 0.4) is 0 Å². The summed E-state index contributed by atoms with van der Waals surface area (Å²) < 4.78 is 0. The lowest BCUT2D eigenvalue weighted by Crippen LogP contribution is -2.31. The molecular formula is C12H18N2O2S. The third-order valence-corrected chi connectivity index (χ3v) is 3.16. The Morgan fingerprint density at radius 3 is 2.76 bits per heavy atom. The van der Waals surface area contributed by atoms with E-state index < -0.39 is 0 Å². The topological polar surface area (TPSA) is 58.2 Å². The van der Waals surface area contributed by atoms with Crippen LogP contribution in [-0.4, -0.2) is 31.3 Å². The number of carbonyl (C=O) groups is 2. The van der Waals surface area contributed by atoms with Crippen molar-refractivity contribution in [3.8, 4) is 0 Å². The van der Waals surface area contributed by atoms with Crippen LogP contribution >= 0.6 is 11.3 Å². The van der Waals surface area contributed by atoms with E-state index in [2.05, 4.69) is 10.6 Å². The zero-order valence-corrected chi connectivity index (χ0v) is 10.8.